The number of hydrogen-bond acceptors (Lipinski definition) is 6. The number of urea groups is 1. The lowest BCUT2D eigenvalue weighted by molar-refractivity contribution is 0.240. The van der Waals surface area contributed by atoms with Crippen LogP contribution in [0.1, 0.15) is 63.0 Å². The molecule has 2 aromatic rings. The third-order valence-corrected chi connectivity index (χ3v) is 5.71. The largest absolute Gasteiger partial charge is 0.352 e. The Bertz CT molecular complexity index is 793. The van der Waals surface area contributed by atoms with Gasteiger partial charge in [0.1, 0.15) is 5.82 Å². The van der Waals surface area contributed by atoms with E-state index in [-0.39, 0.29) is 6.04 Å². The summed E-state index contributed by atoms with van der Waals surface area (Å²) >= 11 is 0. The summed E-state index contributed by atoms with van der Waals surface area (Å²) in [7, 11) is 0. The van der Waals surface area contributed by atoms with Crippen molar-refractivity contribution in [2.75, 3.05) is 10.6 Å². The predicted molar refractivity (Wildman–Crippen MR) is 107 cm³/mol. The number of rotatable bonds is 6. The summed E-state index contributed by atoms with van der Waals surface area (Å²) in [6, 6.07) is 3.92. The number of hydrogen-bond donors (Lipinski definition) is 5. The number of nitrogens with one attached hydrogen (secondary N) is 4. The second kappa shape index (κ2) is 8.45. The van der Waals surface area contributed by atoms with Crippen LogP contribution in [0.4, 0.5) is 22.4 Å². The molecule has 150 valence electrons. The molecular weight excluding hydrogens is 356 g/mol. The van der Waals surface area contributed by atoms with E-state index < -0.39 is 6.03 Å². The molecule has 2 heterocycles. The standard InChI is InChI=1S/C19H28N8O/c20-18(28)22-13-5-7-14(8-6-13)23-19-21-10-9-16(25-19)24-17-11-15(26-27-17)12-3-1-2-4-12/h9-14H,1-8H2,(H3,20,22,28)(H3,21,23,24,25,26,27). The number of aromatic nitrogens is 4. The maximum Gasteiger partial charge on any atom is 0.312 e. The molecule has 0 aromatic carbocycles. The van der Waals surface area contributed by atoms with Gasteiger partial charge in [0, 0.05) is 36.0 Å². The Morgan fingerprint density at radius 2 is 1.82 bits per heavy atom. The molecule has 0 saturated heterocycles. The van der Waals surface area contributed by atoms with Crippen LogP contribution in [0.3, 0.4) is 0 Å². The van der Waals surface area contributed by atoms with Gasteiger partial charge in [-0.3, -0.25) is 5.10 Å². The van der Waals surface area contributed by atoms with Crippen molar-refractivity contribution in [3.8, 4) is 0 Å². The highest BCUT2D eigenvalue weighted by Crippen LogP contribution is 2.34. The first-order valence-corrected chi connectivity index (χ1v) is 10.1. The van der Waals surface area contributed by atoms with Crippen LogP contribution in [-0.2, 0) is 0 Å². The Kier molecular flexibility index (Phi) is 5.59. The SMILES string of the molecule is NC(=O)NC1CCC(Nc2nccc(Nc3cc(C4CCCC4)[nH]n3)n2)CC1. The van der Waals surface area contributed by atoms with Gasteiger partial charge in [0.05, 0.1) is 0 Å². The Labute approximate surface area is 164 Å². The zero-order valence-electron chi connectivity index (χ0n) is 15.9. The fourth-order valence-electron chi connectivity index (χ4n) is 4.24. The van der Waals surface area contributed by atoms with Crippen molar-refractivity contribution >= 4 is 23.6 Å². The molecule has 2 aliphatic rings. The second-order valence-corrected chi connectivity index (χ2v) is 7.78. The van der Waals surface area contributed by atoms with Crippen LogP contribution in [-0.4, -0.2) is 38.3 Å². The first kappa shape index (κ1) is 18.5. The highest BCUT2D eigenvalue weighted by molar-refractivity contribution is 5.71. The number of nitrogens with zero attached hydrogens (tertiary/aromatic N) is 3. The number of nitrogens with two attached hydrogens (primary N) is 1. The summed E-state index contributed by atoms with van der Waals surface area (Å²) in [6.45, 7) is 0. The molecule has 0 unspecified atom stereocenters. The Morgan fingerprint density at radius 1 is 1.07 bits per heavy atom. The summed E-state index contributed by atoms with van der Waals surface area (Å²) in [5.41, 5.74) is 6.40. The molecular formula is C19H28N8O. The second-order valence-electron chi connectivity index (χ2n) is 7.78. The van der Waals surface area contributed by atoms with Gasteiger partial charge in [0.15, 0.2) is 5.82 Å². The van der Waals surface area contributed by atoms with Crippen LogP contribution in [0.2, 0.25) is 0 Å². The minimum atomic E-state index is -0.451. The van der Waals surface area contributed by atoms with Crippen LogP contribution in [0, 0.1) is 0 Å². The number of carbonyl (C=O) groups excluding carboxylic acids is 1. The normalized spacial score (nSPS) is 22.7. The molecule has 6 N–H and O–H groups in total. The molecule has 2 aliphatic carbocycles. The van der Waals surface area contributed by atoms with Gasteiger partial charge in [-0.05, 0) is 44.6 Å². The van der Waals surface area contributed by atoms with Crippen LogP contribution >= 0.6 is 0 Å². The number of aromatic amines is 1. The summed E-state index contributed by atoms with van der Waals surface area (Å²) in [6.07, 6.45) is 10.5. The van der Waals surface area contributed by atoms with E-state index in [1.165, 1.54) is 31.4 Å². The van der Waals surface area contributed by atoms with Gasteiger partial charge >= 0.3 is 6.03 Å². The average Bonchev–Trinajstić information content (AvgIpc) is 3.35. The Balaban J connectivity index is 1.31. The lowest BCUT2D eigenvalue weighted by Gasteiger charge is -2.29. The molecule has 0 atom stereocenters. The Morgan fingerprint density at radius 3 is 2.57 bits per heavy atom. The minimum absolute atomic E-state index is 0.165. The third-order valence-electron chi connectivity index (χ3n) is 5.71. The van der Waals surface area contributed by atoms with Crippen LogP contribution in [0.5, 0.6) is 0 Å². The molecule has 4 rings (SSSR count). The van der Waals surface area contributed by atoms with E-state index in [0.29, 0.717) is 23.7 Å². The maximum absolute atomic E-state index is 11.0. The number of carbonyl (C=O) groups is 1. The van der Waals surface area contributed by atoms with Crippen molar-refractivity contribution in [3.63, 3.8) is 0 Å². The number of anilines is 3. The summed E-state index contributed by atoms with van der Waals surface area (Å²) in [5, 5.41) is 17.0. The van der Waals surface area contributed by atoms with Crippen molar-refractivity contribution in [2.24, 2.45) is 5.73 Å². The van der Waals surface area contributed by atoms with E-state index in [0.717, 1.165) is 31.5 Å². The van der Waals surface area contributed by atoms with Crippen LogP contribution < -0.4 is 21.7 Å². The predicted octanol–water partition coefficient (Wildman–Crippen LogP) is 2.99. The van der Waals surface area contributed by atoms with Crippen LogP contribution in [0.25, 0.3) is 0 Å². The zero-order chi connectivity index (χ0) is 19.3. The minimum Gasteiger partial charge on any atom is -0.352 e. The lowest BCUT2D eigenvalue weighted by Crippen LogP contribution is -2.42. The lowest BCUT2D eigenvalue weighted by atomic mass is 9.91. The Hall–Kier alpha value is -2.84. The van der Waals surface area contributed by atoms with E-state index in [9.17, 15) is 4.79 Å². The maximum atomic E-state index is 11.0. The van der Waals surface area contributed by atoms with E-state index in [4.69, 9.17) is 5.73 Å². The zero-order valence-corrected chi connectivity index (χ0v) is 15.9. The molecule has 9 nitrogen and oxygen atoms in total. The third kappa shape index (κ3) is 4.71. The number of primary amides is 1. The fourth-order valence-corrected chi connectivity index (χ4v) is 4.24. The van der Waals surface area contributed by atoms with Crippen molar-refractivity contribution in [1.29, 1.82) is 0 Å². The molecule has 2 fully saturated rings. The molecule has 2 aromatic heterocycles. The van der Waals surface area contributed by atoms with Gasteiger partial charge in [-0.2, -0.15) is 10.1 Å². The molecule has 28 heavy (non-hydrogen) atoms. The van der Waals surface area contributed by atoms with Gasteiger partial charge in [-0.15, -0.1) is 0 Å². The van der Waals surface area contributed by atoms with E-state index >= 15 is 0 Å². The molecule has 0 radical (unpaired) electrons. The van der Waals surface area contributed by atoms with Crippen molar-refractivity contribution in [1.82, 2.24) is 25.5 Å². The van der Waals surface area contributed by atoms with Gasteiger partial charge < -0.3 is 21.7 Å². The average molecular weight is 384 g/mol. The van der Waals surface area contributed by atoms with Gasteiger partial charge in [0.25, 0.3) is 0 Å². The molecule has 2 saturated carbocycles. The summed E-state index contributed by atoms with van der Waals surface area (Å²) in [5.74, 6) is 2.70. The number of amides is 2. The van der Waals surface area contributed by atoms with E-state index in [1.54, 1.807) is 6.20 Å². The summed E-state index contributed by atoms with van der Waals surface area (Å²) in [4.78, 5) is 19.9. The quantitative estimate of drug-likeness (QED) is 0.520. The molecule has 0 bridgehead atoms. The highest BCUT2D eigenvalue weighted by Gasteiger charge is 2.22. The molecule has 0 aliphatic heterocycles. The van der Waals surface area contributed by atoms with Crippen molar-refractivity contribution < 1.29 is 4.79 Å². The van der Waals surface area contributed by atoms with Crippen LogP contribution in [0.15, 0.2) is 18.3 Å². The first-order chi connectivity index (χ1) is 13.7. The smallest absolute Gasteiger partial charge is 0.312 e. The van der Waals surface area contributed by atoms with E-state index in [1.807, 2.05) is 6.07 Å². The highest BCUT2D eigenvalue weighted by atomic mass is 16.2. The molecule has 2 amide bonds. The van der Waals surface area contributed by atoms with Crippen molar-refractivity contribution in [2.45, 2.75) is 69.4 Å². The summed E-state index contributed by atoms with van der Waals surface area (Å²) < 4.78 is 0. The van der Waals surface area contributed by atoms with Gasteiger partial charge in [-0.1, -0.05) is 12.8 Å². The monoisotopic (exact) mass is 384 g/mol. The first-order valence-electron chi connectivity index (χ1n) is 10.1. The molecule has 9 heteroatoms. The molecule has 0 spiro atoms. The van der Waals surface area contributed by atoms with Gasteiger partial charge in [-0.25, -0.2) is 9.78 Å². The fraction of sp³-hybridized carbons (Fsp3) is 0.579. The van der Waals surface area contributed by atoms with E-state index in [2.05, 4.69) is 42.2 Å². The number of H-pyrrole nitrogens is 1. The van der Waals surface area contributed by atoms with Gasteiger partial charge in [0.2, 0.25) is 5.95 Å². The van der Waals surface area contributed by atoms with Crippen molar-refractivity contribution in [3.05, 3.63) is 24.0 Å². The topological polar surface area (TPSA) is 134 Å².